The van der Waals surface area contributed by atoms with Crippen LogP contribution in [0.2, 0.25) is 0 Å². The number of nitrogens with two attached hydrogens (primary N) is 4. The summed E-state index contributed by atoms with van der Waals surface area (Å²) in [7, 11) is 6.46. The molecule has 0 aliphatic heterocycles. The fourth-order valence-corrected chi connectivity index (χ4v) is 3.05. The smallest absolute Gasteiger partial charge is 0.338 e. The molecule has 0 saturated heterocycles. The van der Waals surface area contributed by atoms with Crippen LogP contribution in [0.1, 0.15) is 31.1 Å². The number of rotatable bonds is 5. The van der Waals surface area contributed by atoms with Gasteiger partial charge in [-0.15, -0.1) is 0 Å². The van der Waals surface area contributed by atoms with Crippen molar-refractivity contribution in [2.24, 2.45) is 0 Å². The van der Waals surface area contributed by atoms with Crippen LogP contribution in [0.5, 0.6) is 0 Å². The minimum absolute atomic E-state index is 0.0961. The van der Waals surface area contributed by atoms with E-state index in [4.69, 9.17) is 28.0 Å². The molecule has 0 aliphatic carbocycles. The van der Waals surface area contributed by atoms with E-state index >= 15 is 0 Å². The molecule has 3 aromatic carbocycles. The Labute approximate surface area is 234 Å². The first-order chi connectivity index (χ1) is 19.0. The largest absolute Gasteiger partial charge is 0.478 e. The molecule has 0 aliphatic rings. The first kappa shape index (κ1) is 33.1. The summed E-state index contributed by atoms with van der Waals surface area (Å²) in [5, 5.41) is 29.5. The van der Waals surface area contributed by atoms with Gasteiger partial charge in [0.05, 0.1) is 37.9 Å². The molecule has 3 rings (SSSR count). The lowest BCUT2D eigenvalue weighted by atomic mass is 10.1. The Balaban J connectivity index is 0.000000309. The van der Waals surface area contributed by atoms with Gasteiger partial charge in [-0.1, -0.05) is 18.2 Å². The predicted molar refractivity (Wildman–Crippen MR) is 153 cm³/mol. The number of anilines is 4. The van der Waals surface area contributed by atoms with Crippen LogP contribution in [0.25, 0.3) is 0 Å². The molecule has 0 spiro atoms. The second kappa shape index (κ2) is 14.3. The molecular weight excluding hydrogens is 540 g/mol. The average Bonchev–Trinajstić information content (AvgIpc) is 2.89. The number of carbonyl (C=O) groups is 3. The first-order valence-corrected chi connectivity index (χ1v) is 11.4. The fraction of sp³-hybridized carbons (Fsp3) is 0.160. The van der Waals surface area contributed by atoms with Gasteiger partial charge in [0, 0.05) is 40.3 Å². The fourth-order valence-electron chi connectivity index (χ4n) is 3.05. The van der Waals surface area contributed by atoms with Gasteiger partial charge in [0.25, 0.3) is 23.2 Å². The molecule has 0 bridgehead atoms. The number of nitrogens with zero attached hydrogens (tertiary/aromatic N) is 4. The zero-order chi connectivity index (χ0) is 31.6. The summed E-state index contributed by atoms with van der Waals surface area (Å²) in [6.07, 6.45) is 0. The van der Waals surface area contributed by atoms with Gasteiger partial charge < -0.3 is 37.8 Å². The van der Waals surface area contributed by atoms with E-state index in [1.54, 1.807) is 46.4 Å². The molecule has 16 heteroatoms. The predicted octanol–water partition coefficient (Wildman–Crippen LogP) is 2.31. The van der Waals surface area contributed by atoms with Crippen LogP contribution in [0.4, 0.5) is 34.1 Å². The SMILES string of the molecule is CN(C)C(=O)c1cccc(N)c1N.CN(C)C(=O)c1cccc([N+](=O)[O-])c1N.Nc1c(C(=O)O)cccc1[N+](=O)[O-]. The molecule has 0 radical (unpaired) electrons. The summed E-state index contributed by atoms with van der Waals surface area (Å²) in [6, 6.07) is 12.8. The van der Waals surface area contributed by atoms with E-state index in [-0.39, 0.29) is 45.7 Å². The number of nitrogen functional groups attached to an aromatic ring is 4. The van der Waals surface area contributed by atoms with Crippen molar-refractivity contribution in [3.8, 4) is 0 Å². The third-order valence-corrected chi connectivity index (χ3v) is 5.20. The molecule has 9 N–H and O–H groups in total. The van der Waals surface area contributed by atoms with Crippen molar-refractivity contribution < 1.29 is 29.3 Å². The van der Waals surface area contributed by atoms with E-state index in [2.05, 4.69) is 0 Å². The number of carboxylic acid groups (broad SMARTS) is 1. The molecule has 41 heavy (non-hydrogen) atoms. The van der Waals surface area contributed by atoms with E-state index < -0.39 is 15.8 Å². The molecule has 0 fully saturated rings. The Hall–Kier alpha value is -5.93. The third-order valence-electron chi connectivity index (χ3n) is 5.20. The van der Waals surface area contributed by atoms with E-state index in [1.165, 1.54) is 40.1 Å². The molecule has 0 aromatic heterocycles. The van der Waals surface area contributed by atoms with E-state index in [0.717, 1.165) is 6.07 Å². The molecule has 16 nitrogen and oxygen atoms in total. The summed E-state index contributed by atoms with van der Waals surface area (Å²) in [4.78, 5) is 55.9. The number of carbonyl (C=O) groups excluding carboxylic acids is 2. The zero-order valence-electron chi connectivity index (χ0n) is 22.6. The molecule has 0 atom stereocenters. The quantitative estimate of drug-likeness (QED) is 0.168. The van der Waals surface area contributed by atoms with Crippen LogP contribution in [0.3, 0.4) is 0 Å². The molecule has 0 heterocycles. The summed E-state index contributed by atoms with van der Waals surface area (Å²) in [6.45, 7) is 0. The highest BCUT2D eigenvalue weighted by Gasteiger charge is 2.20. The van der Waals surface area contributed by atoms with Crippen molar-refractivity contribution in [1.82, 2.24) is 9.80 Å². The highest BCUT2D eigenvalue weighted by Crippen LogP contribution is 2.26. The lowest BCUT2D eigenvalue weighted by molar-refractivity contribution is -0.384. The number of para-hydroxylation sites is 3. The normalized spacial score (nSPS) is 9.66. The maximum absolute atomic E-state index is 11.6. The molecule has 3 aromatic rings. The Morgan fingerprint density at radius 3 is 1.34 bits per heavy atom. The van der Waals surface area contributed by atoms with E-state index in [9.17, 15) is 34.6 Å². The number of hydrogen-bond acceptors (Lipinski definition) is 11. The summed E-state index contributed by atoms with van der Waals surface area (Å²) >= 11 is 0. The Kier molecular flexibility index (Phi) is 11.5. The zero-order valence-corrected chi connectivity index (χ0v) is 22.6. The lowest BCUT2D eigenvalue weighted by Crippen LogP contribution is -2.23. The molecule has 218 valence electrons. The Morgan fingerprint density at radius 2 is 0.976 bits per heavy atom. The molecule has 0 unspecified atom stereocenters. The maximum atomic E-state index is 11.6. The van der Waals surface area contributed by atoms with Crippen LogP contribution in [0.15, 0.2) is 54.6 Å². The molecule has 0 saturated carbocycles. The maximum Gasteiger partial charge on any atom is 0.338 e. The van der Waals surface area contributed by atoms with Crippen LogP contribution < -0.4 is 22.9 Å². The average molecular weight is 571 g/mol. The van der Waals surface area contributed by atoms with Gasteiger partial charge in [0.1, 0.15) is 11.4 Å². The second-order valence-electron chi connectivity index (χ2n) is 8.50. The van der Waals surface area contributed by atoms with Crippen molar-refractivity contribution >= 4 is 51.9 Å². The third kappa shape index (κ3) is 8.54. The standard InChI is InChI=1S/C9H11N3O3.C9H13N3O.C7H6N2O4/c1-11(2)9(13)6-4-3-5-7(8(6)10)12(14)15;1-12(2)9(13)6-4-3-5-7(10)8(6)11;8-6-4(7(10)11)2-1-3-5(6)9(12)13/h3-5H,10H2,1-2H3;3-5H,10-11H2,1-2H3;1-3H,8H2,(H,10,11). The van der Waals surface area contributed by atoms with Gasteiger partial charge in [-0.25, -0.2) is 4.79 Å². The van der Waals surface area contributed by atoms with E-state index in [1.807, 2.05) is 0 Å². The van der Waals surface area contributed by atoms with Crippen molar-refractivity contribution in [2.45, 2.75) is 0 Å². The number of nitro benzene ring substituents is 2. The summed E-state index contributed by atoms with van der Waals surface area (Å²) in [5.74, 6) is -1.76. The van der Waals surface area contributed by atoms with Crippen molar-refractivity contribution in [2.75, 3.05) is 51.1 Å². The summed E-state index contributed by atoms with van der Waals surface area (Å²) in [5.41, 5.74) is 22.1. The highest BCUT2D eigenvalue weighted by molar-refractivity contribution is 6.01. The van der Waals surface area contributed by atoms with Crippen LogP contribution >= 0.6 is 0 Å². The Bertz CT molecular complexity index is 1440. The minimum Gasteiger partial charge on any atom is -0.478 e. The van der Waals surface area contributed by atoms with Gasteiger partial charge in [-0.2, -0.15) is 0 Å². The topological polar surface area (TPSA) is 268 Å². The van der Waals surface area contributed by atoms with Gasteiger partial charge >= 0.3 is 5.97 Å². The van der Waals surface area contributed by atoms with Crippen molar-refractivity contribution in [3.63, 3.8) is 0 Å². The Morgan fingerprint density at radius 1 is 0.634 bits per heavy atom. The highest BCUT2D eigenvalue weighted by atomic mass is 16.6. The lowest BCUT2D eigenvalue weighted by Gasteiger charge is -2.12. The van der Waals surface area contributed by atoms with Crippen LogP contribution in [-0.4, -0.2) is 70.7 Å². The van der Waals surface area contributed by atoms with Gasteiger partial charge in [-0.05, 0) is 24.3 Å². The number of carboxylic acids is 1. The minimum atomic E-state index is -1.28. The van der Waals surface area contributed by atoms with Gasteiger partial charge in [0.15, 0.2) is 0 Å². The molecule has 2 amide bonds. The van der Waals surface area contributed by atoms with Crippen molar-refractivity contribution in [3.05, 3.63) is 91.5 Å². The van der Waals surface area contributed by atoms with Crippen LogP contribution in [0, 0.1) is 20.2 Å². The number of hydrogen-bond donors (Lipinski definition) is 5. The second-order valence-corrected chi connectivity index (χ2v) is 8.50. The monoisotopic (exact) mass is 570 g/mol. The number of benzene rings is 3. The number of nitro groups is 2. The summed E-state index contributed by atoms with van der Waals surface area (Å²) < 4.78 is 0. The first-order valence-electron chi connectivity index (χ1n) is 11.4. The van der Waals surface area contributed by atoms with Gasteiger partial charge in [0.2, 0.25) is 0 Å². The molecular formula is C25H30N8O8. The van der Waals surface area contributed by atoms with Crippen molar-refractivity contribution in [1.29, 1.82) is 0 Å². The number of amides is 2. The van der Waals surface area contributed by atoms with E-state index in [0.29, 0.717) is 16.9 Å². The van der Waals surface area contributed by atoms with Crippen LogP contribution in [-0.2, 0) is 0 Å². The number of aromatic carboxylic acids is 1. The van der Waals surface area contributed by atoms with Gasteiger partial charge in [-0.3, -0.25) is 29.8 Å².